The smallest absolute Gasteiger partial charge is 0.232 e. The highest BCUT2D eigenvalue weighted by Gasteiger charge is 2.36. The van der Waals surface area contributed by atoms with Crippen molar-refractivity contribution in [2.45, 2.75) is 32.3 Å². The Morgan fingerprint density at radius 2 is 1.79 bits per heavy atom. The van der Waals surface area contributed by atoms with E-state index in [2.05, 4.69) is 10.1 Å². The van der Waals surface area contributed by atoms with Gasteiger partial charge in [-0.25, -0.2) is 0 Å². The first-order valence-corrected chi connectivity index (χ1v) is 10.6. The summed E-state index contributed by atoms with van der Waals surface area (Å²) in [6.45, 7) is 4.31. The molecule has 2 heterocycles. The maximum Gasteiger partial charge on any atom is 0.232 e. The number of anilines is 1. The molecular weight excluding hydrogens is 426 g/mol. The van der Waals surface area contributed by atoms with Gasteiger partial charge in [-0.05, 0) is 44.2 Å². The van der Waals surface area contributed by atoms with Crippen molar-refractivity contribution in [1.29, 1.82) is 0 Å². The normalized spacial score (nSPS) is 15.8. The summed E-state index contributed by atoms with van der Waals surface area (Å²) in [5, 5.41) is 4.12. The van der Waals surface area contributed by atoms with Gasteiger partial charge in [-0.3, -0.25) is 4.79 Å². The van der Waals surface area contributed by atoms with Crippen LogP contribution in [0.1, 0.15) is 32.1 Å². The van der Waals surface area contributed by atoms with Crippen LogP contribution in [-0.2, 0) is 4.79 Å². The Kier molecular flexibility index (Phi) is 6.39. The summed E-state index contributed by atoms with van der Waals surface area (Å²) in [6.07, 6.45) is 0.287. The highest BCUT2D eigenvalue weighted by Crippen LogP contribution is 2.39. The van der Waals surface area contributed by atoms with Gasteiger partial charge in [-0.2, -0.15) is 4.98 Å². The molecule has 1 amide bonds. The Bertz CT molecular complexity index is 1140. The lowest BCUT2D eigenvalue weighted by molar-refractivity contribution is -0.117. The maximum absolute atomic E-state index is 12.8. The van der Waals surface area contributed by atoms with Crippen molar-refractivity contribution < 1.29 is 28.3 Å². The van der Waals surface area contributed by atoms with E-state index in [0.717, 1.165) is 5.56 Å². The average molecular weight is 453 g/mol. The monoisotopic (exact) mass is 453 g/mol. The number of rotatable bonds is 8. The molecule has 0 aliphatic carbocycles. The molecule has 1 aromatic heterocycles. The van der Waals surface area contributed by atoms with Crippen molar-refractivity contribution in [3.63, 3.8) is 0 Å². The number of hydrogen-bond acceptors (Lipinski definition) is 8. The summed E-state index contributed by atoms with van der Waals surface area (Å²) in [7, 11) is 4.73. The second-order valence-corrected chi connectivity index (χ2v) is 7.93. The fourth-order valence-corrected chi connectivity index (χ4v) is 3.79. The molecule has 0 spiro atoms. The summed E-state index contributed by atoms with van der Waals surface area (Å²) >= 11 is 0. The quantitative estimate of drug-likeness (QED) is 0.504. The zero-order valence-corrected chi connectivity index (χ0v) is 19.3. The van der Waals surface area contributed by atoms with Gasteiger partial charge < -0.3 is 28.4 Å². The van der Waals surface area contributed by atoms with Crippen molar-refractivity contribution in [2.75, 3.05) is 32.8 Å². The number of benzene rings is 2. The SMILES string of the molecule is COc1ccc(N2CC(c3nc(-c4ccc(OC(C)C)c(OC)c4)no3)CC2=O)c(OC)c1. The van der Waals surface area contributed by atoms with Gasteiger partial charge in [0.1, 0.15) is 11.5 Å². The molecule has 33 heavy (non-hydrogen) atoms. The lowest BCUT2D eigenvalue weighted by Gasteiger charge is -2.19. The largest absolute Gasteiger partial charge is 0.497 e. The van der Waals surface area contributed by atoms with Crippen LogP contribution in [0, 0.1) is 0 Å². The van der Waals surface area contributed by atoms with Crippen LogP contribution in [0.5, 0.6) is 23.0 Å². The van der Waals surface area contributed by atoms with Crippen molar-refractivity contribution in [2.24, 2.45) is 0 Å². The average Bonchev–Trinajstić information content (AvgIpc) is 3.45. The Balaban J connectivity index is 1.55. The van der Waals surface area contributed by atoms with E-state index in [1.165, 1.54) is 0 Å². The molecule has 0 N–H and O–H groups in total. The number of ether oxygens (including phenoxy) is 4. The molecule has 1 saturated heterocycles. The first-order chi connectivity index (χ1) is 15.9. The van der Waals surface area contributed by atoms with Crippen LogP contribution >= 0.6 is 0 Å². The summed E-state index contributed by atoms with van der Waals surface area (Å²) in [4.78, 5) is 19.0. The number of amides is 1. The molecule has 1 fully saturated rings. The van der Waals surface area contributed by atoms with E-state index in [-0.39, 0.29) is 24.3 Å². The molecule has 9 heteroatoms. The second-order valence-electron chi connectivity index (χ2n) is 7.93. The van der Waals surface area contributed by atoms with Crippen molar-refractivity contribution in [3.05, 3.63) is 42.3 Å². The molecule has 0 radical (unpaired) electrons. The summed E-state index contributed by atoms with van der Waals surface area (Å²) in [5.41, 5.74) is 1.41. The summed E-state index contributed by atoms with van der Waals surface area (Å²) in [6, 6.07) is 10.8. The topological polar surface area (TPSA) is 96.2 Å². The molecule has 1 unspecified atom stereocenters. The van der Waals surface area contributed by atoms with Crippen LogP contribution in [0.2, 0.25) is 0 Å². The molecule has 1 aliphatic rings. The maximum atomic E-state index is 12.8. The molecule has 0 saturated carbocycles. The van der Waals surface area contributed by atoms with Crippen LogP contribution in [0.3, 0.4) is 0 Å². The van der Waals surface area contributed by atoms with E-state index in [9.17, 15) is 4.79 Å². The Morgan fingerprint density at radius 3 is 2.48 bits per heavy atom. The third-order valence-corrected chi connectivity index (χ3v) is 5.38. The highest BCUT2D eigenvalue weighted by atomic mass is 16.5. The fraction of sp³-hybridized carbons (Fsp3) is 0.375. The summed E-state index contributed by atoms with van der Waals surface area (Å²) < 4.78 is 27.4. The number of carbonyl (C=O) groups is 1. The Labute approximate surface area is 192 Å². The first-order valence-electron chi connectivity index (χ1n) is 10.6. The predicted octanol–water partition coefficient (Wildman–Crippen LogP) is 4.07. The van der Waals surface area contributed by atoms with Crippen molar-refractivity contribution in [1.82, 2.24) is 10.1 Å². The lowest BCUT2D eigenvalue weighted by atomic mass is 10.1. The van der Waals surface area contributed by atoms with Gasteiger partial charge in [0.25, 0.3) is 0 Å². The number of aromatic nitrogens is 2. The minimum atomic E-state index is -0.226. The zero-order valence-electron chi connectivity index (χ0n) is 19.3. The van der Waals surface area contributed by atoms with Crippen LogP contribution in [0.4, 0.5) is 5.69 Å². The van der Waals surface area contributed by atoms with Gasteiger partial charge >= 0.3 is 0 Å². The second kappa shape index (κ2) is 9.40. The van der Waals surface area contributed by atoms with Crippen LogP contribution in [0.15, 0.2) is 40.9 Å². The molecule has 1 aliphatic heterocycles. The number of carbonyl (C=O) groups excluding carboxylic acids is 1. The lowest BCUT2D eigenvalue weighted by Crippen LogP contribution is -2.24. The predicted molar refractivity (Wildman–Crippen MR) is 121 cm³/mol. The highest BCUT2D eigenvalue weighted by molar-refractivity contribution is 5.97. The molecule has 1 atom stereocenters. The minimum absolute atomic E-state index is 0.0219. The first kappa shape index (κ1) is 22.4. The van der Waals surface area contributed by atoms with Gasteiger partial charge in [-0.15, -0.1) is 0 Å². The molecule has 0 bridgehead atoms. The van der Waals surface area contributed by atoms with Gasteiger partial charge in [0.2, 0.25) is 17.6 Å². The van der Waals surface area contributed by atoms with E-state index in [0.29, 0.717) is 46.9 Å². The van der Waals surface area contributed by atoms with E-state index < -0.39 is 0 Å². The molecule has 9 nitrogen and oxygen atoms in total. The standard InChI is InChI=1S/C24H27N3O6/c1-14(2)32-19-9-6-15(10-21(19)31-5)23-25-24(33-26-23)16-11-22(28)27(13-16)18-8-7-17(29-3)12-20(18)30-4/h6-10,12,14,16H,11,13H2,1-5H3. The van der Waals surface area contributed by atoms with E-state index in [1.54, 1.807) is 44.4 Å². The third kappa shape index (κ3) is 4.57. The molecular formula is C24H27N3O6. The minimum Gasteiger partial charge on any atom is -0.497 e. The number of methoxy groups -OCH3 is 3. The molecule has 3 aromatic rings. The zero-order chi connectivity index (χ0) is 23.5. The Hall–Kier alpha value is -3.75. The molecule has 2 aromatic carbocycles. The van der Waals surface area contributed by atoms with Crippen LogP contribution < -0.4 is 23.8 Å². The van der Waals surface area contributed by atoms with Gasteiger partial charge in [0.05, 0.1) is 39.0 Å². The van der Waals surface area contributed by atoms with Gasteiger partial charge in [0, 0.05) is 24.6 Å². The van der Waals surface area contributed by atoms with E-state index >= 15 is 0 Å². The molecule has 174 valence electrons. The van der Waals surface area contributed by atoms with E-state index in [1.807, 2.05) is 32.0 Å². The van der Waals surface area contributed by atoms with Gasteiger partial charge in [-0.1, -0.05) is 5.16 Å². The molecule has 4 rings (SSSR count). The third-order valence-electron chi connectivity index (χ3n) is 5.38. The number of nitrogens with zero attached hydrogens (tertiary/aromatic N) is 3. The van der Waals surface area contributed by atoms with Gasteiger partial charge in [0.15, 0.2) is 11.5 Å². The van der Waals surface area contributed by atoms with Crippen molar-refractivity contribution in [3.8, 4) is 34.4 Å². The Morgan fingerprint density at radius 1 is 1.00 bits per heavy atom. The van der Waals surface area contributed by atoms with E-state index in [4.69, 9.17) is 23.5 Å². The van der Waals surface area contributed by atoms with Crippen molar-refractivity contribution >= 4 is 11.6 Å². The van der Waals surface area contributed by atoms with Crippen LogP contribution in [-0.4, -0.2) is 50.0 Å². The van der Waals surface area contributed by atoms with Crippen LogP contribution in [0.25, 0.3) is 11.4 Å². The number of hydrogen-bond donors (Lipinski definition) is 0. The fourth-order valence-electron chi connectivity index (χ4n) is 3.79. The summed E-state index contributed by atoms with van der Waals surface area (Å²) in [5.74, 6) is 3.01.